The average molecular weight is 386 g/mol. The van der Waals surface area contributed by atoms with Crippen molar-refractivity contribution in [2.75, 3.05) is 19.5 Å². The van der Waals surface area contributed by atoms with Gasteiger partial charge in [0.15, 0.2) is 0 Å². The predicted molar refractivity (Wildman–Crippen MR) is 110 cm³/mol. The molecule has 1 fully saturated rings. The zero-order valence-electron chi connectivity index (χ0n) is 17.5. The van der Waals surface area contributed by atoms with Crippen LogP contribution in [0.25, 0.3) is 11.3 Å². The molecular formula is C21H30N4O3. The van der Waals surface area contributed by atoms with E-state index < -0.39 is 0 Å². The van der Waals surface area contributed by atoms with Crippen LogP contribution < -0.4 is 20.1 Å². The van der Waals surface area contributed by atoms with Gasteiger partial charge in [0.1, 0.15) is 28.8 Å². The quantitative estimate of drug-likeness (QED) is 0.724. The van der Waals surface area contributed by atoms with Gasteiger partial charge in [0.05, 0.1) is 19.8 Å². The van der Waals surface area contributed by atoms with Gasteiger partial charge in [0.25, 0.3) is 0 Å². The molecule has 0 spiro atoms. The van der Waals surface area contributed by atoms with Crippen molar-refractivity contribution in [1.82, 2.24) is 15.5 Å². The molecule has 0 atom stereocenters. The topological polar surface area (TPSA) is 88.5 Å². The fraction of sp³-hybridized carbons (Fsp3) is 0.524. The number of rotatable bonds is 5. The van der Waals surface area contributed by atoms with Gasteiger partial charge in [0, 0.05) is 29.3 Å². The Bertz CT molecular complexity index is 818. The van der Waals surface area contributed by atoms with Crippen LogP contribution in [0.3, 0.4) is 0 Å². The summed E-state index contributed by atoms with van der Waals surface area (Å²) in [5.41, 5.74) is 1.13. The second kappa shape index (κ2) is 7.47. The Morgan fingerprint density at radius 3 is 2.25 bits per heavy atom. The summed E-state index contributed by atoms with van der Waals surface area (Å²) in [6, 6.07) is 7.26. The largest absolute Gasteiger partial charge is 0.507 e. The van der Waals surface area contributed by atoms with Crippen LogP contribution in [-0.2, 0) is 0 Å². The molecule has 0 radical (unpaired) electrons. The van der Waals surface area contributed by atoms with E-state index in [9.17, 15) is 5.11 Å². The molecule has 2 heterocycles. The lowest BCUT2D eigenvalue weighted by Crippen LogP contribution is -2.60. The summed E-state index contributed by atoms with van der Waals surface area (Å²) >= 11 is 0. The van der Waals surface area contributed by atoms with E-state index in [1.54, 1.807) is 13.2 Å². The maximum Gasteiger partial charge on any atom is 0.148 e. The van der Waals surface area contributed by atoms with E-state index in [0.29, 0.717) is 34.6 Å². The zero-order chi connectivity index (χ0) is 20.5. The maximum absolute atomic E-state index is 10.4. The molecule has 0 aliphatic carbocycles. The summed E-state index contributed by atoms with van der Waals surface area (Å²) in [5, 5.41) is 26.2. The van der Waals surface area contributed by atoms with Crippen molar-refractivity contribution in [2.45, 2.75) is 57.7 Å². The molecule has 0 amide bonds. The minimum absolute atomic E-state index is 0.0352. The number of phenolic OH excluding ortho intramolecular Hbond substituents is 1. The number of aromatic nitrogens is 2. The lowest BCUT2D eigenvalue weighted by Gasteiger charge is -2.46. The molecule has 152 valence electrons. The van der Waals surface area contributed by atoms with Gasteiger partial charge in [-0.3, -0.25) is 0 Å². The number of methoxy groups -OCH3 is 2. The third-order valence-electron chi connectivity index (χ3n) is 4.97. The first-order valence-electron chi connectivity index (χ1n) is 9.47. The van der Waals surface area contributed by atoms with Crippen molar-refractivity contribution in [3.8, 4) is 28.5 Å². The first-order valence-corrected chi connectivity index (χ1v) is 9.47. The molecule has 28 heavy (non-hydrogen) atoms. The molecule has 7 nitrogen and oxygen atoms in total. The molecule has 0 unspecified atom stereocenters. The minimum Gasteiger partial charge on any atom is -0.507 e. The van der Waals surface area contributed by atoms with Gasteiger partial charge in [-0.25, -0.2) is 0 Å². The molecule has 1 aliphatic rings. The zero-order valence-corrected chi connectivity index (χ0v) is 17.5. The van der Waals surface area contributed by atoms with E-state index in [-0.39, 0.29) is 16.8 Å². The monoisotopic (exact) mass is 386 g/mol. The second-order valence-electron chi connectivity index (χ2n) is 8.67. The molecule has 1 aromatic heterocycles. The van der Waals surface area contributed by atoms with Gasteiger partial charge in [-0.05, 0) is 52.7 Å². The highest BCUT2D eigenvalue weighted by Gasteiger charge is 2.37. The highest BCUT2D eigenvalue weighted by molar-refractivity contribution is 5.75. The molecular weight excluding hydrogens is 356 g/mol. The molecule has 1 aromatic carbocycles. The van der Waals surface area contributed by atoms with E-state index in [0.717, 1.165) is 12.8 Å². The lowest BCUT2D eigenvalue weighted by atomic mass is 9.79. The van der Waals surface area contributed by atoms with Crippen molar-refractivity contribution in [1.29, 1.82) is 0 Å². The van der Waals surface area contributed by atoms with Gasteiger partial charge >= 0.3 is 0 Å². The third kappa shape index (κ3) is 4.47. The average Bonchev–Trinajstić information content (AvgIpc) is 2.59. The Hall–Kier alpha value is -2.54. The predicted octanol–water partition coefficient (Wildman–Crippen LogP) is 3.59. The Balaban J connectivity index is 1.81. The van der Waals surface area contributed by atoms with Crippen LogP contribution in [0.1, 0.15) is 40.5 Å². The second-order valence-corrected chi connectivity index (χ2v) is 8.67. The molecule has 7 heteroatoms. The Kier molecular flexibility index (Phi) is 5.39. The highest BCUT2D eigenvalue weighted by atomic mass is 16.5. The smallest absolute Gasteiger partial charge is 0.148 e. The SMILES string of the molecule is COc1cc(O)c(-c2ccc(NC3CC(C)(C)NC(C)(C)C3)nn2)c(OC)c1. The number of hydrogen-bond acceptors (Lipinski definition) is 7. The number of aromatic hydroxyl groups is 1. The Morgan fingerprint density at radius 2 is 1.71 bits per heavy atom. The molecule has 0 bridgehead atoms. The van der Waals surface area contributed by atoms with Crippen LogP contribution in [0.4, 0.5) is 5.82 Å². The van der Waals surface area contributed by atoms with Crippen LogP contribution >= 0.6 is 0 Å². The lowest BCUT2D eigenvalue weighted by molar-refractivity contribution is 0.170. The summed E-state index contributed by atoms with van der Waals surface area (Å²) in [4.78, 5) is 0. The molecule has 1 aliphatic heterocycles. The number of phenols is 1. The third-order valence-corrected chi connectivity index (χ3v) is 4.97. The first kappa shape index (κ1) is 20.2. The van der Waals surface area contributed by atoms with Gasteiger partial charge in [-0.1, -0.05) is 0 Å². The Labute approximate surface area is 166 Å². The highest BCUT2D eigenvalue weighted by Crippen LogP contribution is 2.40. The van der Waals surface area contributed by atoms with Crippen molar-refractivity contribution in [3.05, 3.63) is 24.3 Å². The summed E-state index contributed by atoms with van der Waals surface area (Å²) in [6.07, 6.45) is 1.99. The van der Waals surface area contributed by atoms with E-state index in [4.69, 9.17) is 9.47 Å². The van der Waals surface area contributed by atoms with Crippen molar-refractivity contribution < 1.29 is 14.6 Å². The van der Waals surface area contributed by atoms with Crippen molar-refractivity contribution in [3.63, 3.8) is 0 Å². The van der Waals surface area contributed by atoms with E-state index in [1.807, 2.05) is 12.1 Å². The number of nitrogens with one attached hydrogen (secondary N) is 2. The summed E-state index contributed by atoms with van der Waals surface area (Å²) in [7, 11) is 3.08. The van der Waals surface area contributed by atoms with Crippen LogP contribution in [0.5, 0.6) is 17.2 Å². The number of ether oxygens (including phenoxy) is 2. The number of anilines is 1. The molecule has 3 N–H and O–H groups in total. The molecule has 0 saturated carbocycles. The first-order chi connectivity index (χ1) is 13.1. The normalized spacial score (nSPS) is 18.5. The minimum atomic E-state index is 0.0352. The number of hydrogen-bond donors (Lipinski definition) is 3. The maximum atomic E-state index is 10.4. The number of piperidine rings is 1. The number of benzene rings is 1. The summed E-state index contributed by atoms with van der Waals surface area (Å²) in [6.45, 7) is 8.87. The van der Waals surface area contributed by atoms with E-state index >= 15 is 0 Å². The molecule has 1 saturated heterocycles. The van der Waals surface area contributed by atoms with Gasteiger partial charge in [-0.2, -0.15) is 0 Å². The van der Waals surface area contributed by atoms with Gasteiger partial charge < -0.3 is 25.2 Å². The van der Waals surface area contributed by atoms with Crippen LogP contribution in [0, 0.1) is 0 Å². The molecule has 2 aromatic rings. The van der Waals surface area contributed by atoms with Crippen LogP contribution in [-0.4, -0.2) is 46.6 Å². The fourth-order valence-electron chi connectivity index (χ4n) is 4.29. The summed E-state index contributed by atoms with van der Waals surface area (Å²) in [5.74, 6) is 1.75. The summed E-state index contributed by atoms with van der Waals surface area (Å²) < 4.78 is 10.6. The standard InChI is InChI=1S/C21H30N4O3/c1-20(2)11-13(12-21(3,4)25-20)22-18-8-7-15(23-24-18)19-16(26)9-14(27-5)10-17(19)28-6/h7-10,13,25-26H,11-12H2,1-6H3,(H,22,24). The van der Waals surface area contributed by atoms with E-state index in [1.165, 1.54) is 13.2 Å². The van der Waals surface area contributed by atoms with Crippen LogP contribution in [0.15, 0.2) is 24.3 Å². The fourth-order valence-corrected chi connectivity index (χ4v) is 4.29. The van der Waals surface area contributed by atoms with Crippen molar-refractivity contribution >= 4 is 5.82 Å². The van der Waals surface area contributed by atoms with Gasteiger partial charge in [0.2, 0.25) is 0 Å². The van der Waals surface area contributed by atoms with Gasteiger partial charge in [-0.15, -0.1) is 10.2 Å². The van der Waals surface area contributed by atoms with Crippen LogP contribution in [0.2, 0.25) is 0 Å². The number of nitrogens with zero attached hydrogens (tertiary/aromatic N) is 2. The van der Waals surface area contributed by atoms with E-state index in [2.05, 4.69) is 48.5 Å². The van der Waals surface area contributed by atoms with Crippen molar-refractivity contribution in [2.24, 2.45) is 0 Å². The Morgan fingerprint density at radius 1 is 1.04 bits per heavy atom. The molecule has 3 rings (SSSR count).